The number of aromatic nitrogens is 1. The van der Waals surface area contributed by atoms with Crippen LogP contribution in [0.15, 0.2) is 35.1 Å². The number of rotatable bonds is 4. The Kier molecular flexibility index (Phi) is 4.88. The van der Waals surface area contributed by atoms with Gasteiger partial charge in [0, 0.05) is 37.5 Å². The van der Waals surface area contributed by atoms with Gasteiger partial charge in [0.05, 0.1) is 11.1 Å². The van der Waals surface area contributed by atoms with Crippen molar-refractivity contribution in [1.82, 2.24) is 9.47 Å². The molecule has 1 aliphatic rings. The molecule has 1 unspecified atom stereocenters. The van der Waals surface area contributed by atoms with E-state index in [9.17, 15) is 14.4 Å². The van der Waals surface area contributed by atoms with Gasteiger partial charge >= 0.3 is 5.97 Å². The smallest absolute Gasteiger partial charge is 0.303 e. The molecule has 2 heterocycles. The lowest BCUT2D eigenvalue weighted by molar-refractivity contribution is -0.137. The Morgan fingerprint density at radius 1 is 1.24 bits per heavy atom. The van der Waals surface area contributed by atoms with E-state index in [0.29, 0.717) is 18.5 Å². The lowest BCUT2D eigenvalue weighted by Gasteiger charge is -2.36. The van der Waals surface area contributed by atoms with Crippen LogP contribution in [0.25, 0.3) is 10.9 Å². The number of carbonyl (C=O) groups excluding carboxylic acids is 1. The molecule has 1 aromatic carbocycles. The van der Waals surface area contributed by atoms with Gasteiger partial charge in [-0.2, -0.15) is 0 Å². The topological polar surface area (TPSA) is 79.6 Å². The number of carboxylic acid groups (broad SMARTS) is 1. The van der Waals surface area contributed by atoms with Crippen LogP contribution < -0.4 is 5.56 Å². The van der Waals surface area contributed by atoms with Crippen LogP contribution in [0.3, 0.4) is 0 Å². The minimum Gasteiger partial charge on any atom is -0.481 e. The summed E-state index contributed by atoms with van der Waals surface area (Å²) in [5, 5.41) is 9.69. The molecular formula is C19H22N2O4. The Hall–Kier alpha value is -2.63. The minimum atomic E-state index is -0.850. The SMILES string of the molecule is Cn1c(=O)cc(C(=O)N2CCCCC2CCC(=O)O)c2ccccc21. The first-order valence-electron chi connectivity index (χ1n) is 8.60. The Morgan fingerprint density at radius 3 is 2.76 bits per heavy atom. The molecule has 132 valence electrons. The molecule has 6 heteroatoms. The molecule has 0 bridgehead atoms. The molecule has 0 saturated carbocycles. The average molecular weight is 342 g/mol. The predicted molar refractivity (Wildman–Crippen MR) is 94.7 cm³/mol. The number of amides is 1. The van der Waals surface area contributed by atoms with E-state index in [1.54, 1.807) is 11.9 Å². The van der Waals surface area contributed by atoms with Gasteiger partial charge < -0.3 is 14.6 Å². The number of likely N-dealkylation sites (tertiary alicyclic amines) is 1. The van der Waals surface area contributed by atoms with Gasteiger partial charge in [0.15, 0.2) is 0 Å². The Balaban J connectivity index is 1.99. The van der Waals surface area contributed by atoms with Crippen molar-refractivity contribution < 1.29 is 14.7 Å². The zero-order valence-electron chi connectivity index (χ0n) is 14.3. The van der Waals surface area contributed by atoms with Crippen molar-refractivity contribution in [3.8, 4) is 0 Å². The highest BCUT2D eigenvalue weighted by atomic mass is 16.4. The van der Waals surface area contributed by atoms with E-state index in [1.807, 2.05) is 24.3 Å². The maximum absolute atomic E-state index is 13.2. The summed E-state index contributed by atoms with van der Waals surface area (Å²) in [5.74, 6) is -1.03. The van der Waals surface area contributed by atoms with Crippen LogP contribution in [0.5, 0.6) is 0 Å². The first-order chi connectivity index (χ1) is 12.0. The van der Waals surface area contributed by atoms with E-state index < -0.39 is 5.97 Å². The van der Waals surface area contributed by atoms with Gasteiger partial charge in [-0.25, -0.2) is 0 Å². The normalized spacial score (nSPS) is 17.6. The van der Waals surface area contributed by atoms with Crippen LogP contribution in [0, 0.1) is 0 Å². The van der Waals surface area contributed by atoms with Crippen molar-refractivity contribution in [3.05, 3.63) is 46.2 Å². The second kappa shape index (κ2) is 7.09. The van der Waals surface area contributed by atoms with E-state index >= 15 is 0 Å². The van der Waals surface area contributed by atoms with Crippen molar-refractivity contribution in [2.24, 2.45) is 7.05 Å². The van der Waals surface area contributed by atoms with E-state index in [2.05, 4.69) is 0 Å². The van der Waals surface area contributed by atoms with Crippen molar-refractivity contribution in [2.45, 2.75) is 38.1 Å². The van der Waals surface area contributed by atoms with Crippen LogP contribution in [0.1, 0.15) is 42.5 Å². The van der Waals surface area contributed by atoms with Crippen LogP contribution in [0.2, 0.25) is 0 Å². The molecule has 1 fully saturated rings. The number of fused-ring (bicyclic) bond motifs is 1. The molecule has 0 spiro atoms. The average Bonchev–Trinajstić information content (AvgIpc) is 2.62. The molecule has 1 aromatic heterocycles. The molecule has 0 aliphatic carbocycles. The summed E-state index contributed by atoms with van der Waals surface area (Å²) < 4.78 is 1.53. The number of piperidine rings is 1. The molecule has 2 aromatic rings. The fraction of sp³-hybridized carbons (Fsp3) is 0.421. The number of pyridine rings is 1. The number of nitrogens with zero attached hydrogens (tertiary/aromatic N) is 2. The van der Waals surface area contributed by atoms with Crippen molar-refractivity contribution in [1.29, 1.82) is 0 Å². The third-order valence-corrected chi connectivity index (χ3v) is 4.96. The van der Waals surface area contributed by atoms with Crippen LogP contribution in [-0.4, -0.2) is 39.0 Å². The van der Waals surface area contributed by atoms with Crippen molar-refractivity contribution >= 4 is 22.8 Å². The third-order valence-electron chi connectivity index (χ3n) is 4.96. The number of hydrogen-bond donors (Lipinski definition) is 1. The molecule has 0 radical (unpaired) electrons. The number of carbonyl (C=O) groups is 2. The maximum Gasteiger partial charge on any atom is 0.303 e. The van der Waals surface area contributed by atoms with E-state index in [1.165, 1.54) is 10.6 Å². The van der Waals surface area contributed by atoms with Gasteiger partial charge in [-0.15, -0.1) is 0 Å². The number of aliphatic carboxylic acids is 1. The summed E-state index contributed by atoms with van der Waals surface area (Å²) in [4.78, 5) is 38.1. The van der Waals surface area contributed by atoms with E-state index in [0.717, 1.165) is 30.2 Å². The van der Waals surface area contributed by atoms with E-state index in [-0.39, 0.29) is 23.9 Å². The highest BCUT2D eigenvalue weighted by Crippen LogP contribution is 2.25. The van der Waals surface area contributed by atoms with Gasteiger partial charge in [-0.05, 0) is 31.7 Å². The lowest BCUT2D eigenvalue weighted by Crippen LogP contribution is -2.44. The molecule has 25 heavy (non-hydrogen) atoms. The molecule has 3 rings (SSSR count). The molecule has 1 amide bonds. The van der Waals surface area contributed by atoms with Crippen LogP contribution in [0.4, 0.5) is 0 Å². The highest BCUT2D eigenvalue weighted by molar-refractivity contribution is 6.06. The lowest BCUT2D eigenvalue weighted by atomic mass is 9.96. The molecular weight excluding hydrogens is 320 g/mol. The molecule has 6 nitrogen and oxygen atoms in total. The zero-order chi connectivity index (χ0) is 18.0. The summed E-state index contributed by atoms with van der Waals surface area (Å²) in [6.45, 7) is 0.604. The van der Waals surface area contributed by atoms with Crippen molar-refractivity contribution in [3.63, 3.8) is 0 Å². The maximum atomic E-state index is 13.2. The second-order valence-corrected chi connectivity index (χ2v) is 6.55. The largest absolute Gasteiger partial charge is 0.481 e. The Morgan fingerprint density at radius 2 is 2.00 bits per heavy atom. The van der Waals surface area contributed by atoms with Crippen LogP contribution >= 0.6 is 0 Å². The summed E-state index contributed by atoms with van der Waals surface area (Å²) in [7, 11) is 1.69. The first-order valence-corrected chi connectivity index (χ1v) is 8.60. The van der Waals surface area contributed by atoms with Gasteiger partial charge in [0.1, 0.15) is 0 Å². The van der Waals surface area contributed by atoms with Gasteiger partial charge in [-0.1, -0.05) is 18.2 Å². The Labute approximate surface area is 145 Å². The second-order valence-electron chi connectivity index (χ2n) is 6.55. The first kappa shape index (κ1) is 17.2. The summed E-state index contributed by atoms with van der Waals surface area (Å²) in [6, 6.07) is 8.67. The monoisotopic (exact) mass is 342 g/mol. The molecule has 1 aliphatic heterocycles. The number of para-hydroxylation sites is 1. The third kappa shape index (κ3) is 3.43. The summed E-state index contributed by atoms with van der Waals surface area (Å²) >= 11 is 0. The van der Waals surface area contributed by atoms with Crippen LogP contribution in [-0.2, 0) is 11.8 Å². The standard InChI is InChI=1S/C19H22N2O4/c1-20-16-8-3-2-7-14(16)15(12-17(20)22)19(25)21-11-5-4-6-13(21)9-10-18(23)24/h2-3,7-8,12-13H,4-6,9-11H2,1H3,(H,23,24). The zero-order valence-corrected chi connectivity index (χ0v) is 14.3. The minimum absolute atomic E-state index is 0.0474. The number of aryl methyl sites for hydroxylation is 1. The van der Waals surface area contributed by atoms with Crippen molar-refractivity contribution in [2.75, 3.05) is 6.54 Å². The number of benzene rings is 1. The molecule has 1 saturated heterocycles. The number of hydrogen-bond acceptors (Lipinski definition) is 3. The van der Waals surface area contributed by atoms with Gasteiger partial charge in [0.25, 0.3) is 11.5 Å². The summed E-state index contributed by atoms with van der Waals surface area (Å²) in [5.41, 5.74) is 0.902. The van der Waals surface area contributed by atoms with E-state index in [4.69, 9.17) is 5.11 Å². The summed E-state index contributed by atoms with van der Waals surface area (Å²) in [6.07, 6.45) is 3.20. The highest BCUT2D eigenvalue weighted by Gasteiger charge is 2.29. The fourth-order valence-corrected chi connectivity index (χ4v) is 3.60. The Bertz CT molecular complexity index is 871. The predicted octanol–water partition coefficient (Wildman–Crippen LogP) is 2.40. The van der Waals surface area contributed by atoms with Gasteiger partial charge in [-0.3, -0.25) is 14.4 Å². The molecule has 1 atom stereocenters. The quantitative estimate of drug-likeness (QED) is 0.925. The molecule has 1 N–H and O–H groups in total. The fourth-order valence-electron chi connectivity index (χ4n) is 3.60. The van der Waals surface area contributed by atoms with Gasteiger partial charge in [0.2, 0.25) is 0 Å². The number of carboxylic acids is 1.